The normalized spacial score (nSPS) is 18.1. The van der Waals surface area contributed by atoms with Crippen molar-refractivity contribution in [3.05, 3.63) is 66.1 Å². The molecule has 1 aliphatic rings. The summed E-state index contributed by atoms with van der Waals surface area (Å²) in [5, 5.41) is 18.3. The topological polar surface area (TPSA) is 62.4 Å². The molecule has 0 spiro atoms. The Morgan fingerprint density at radius 1 is 1.04 bits per heavy atom. The molecule has 1 atom stereocenters. The van der Waals surface area contributed by atoms with Crippen molar-refractivity contribution in [2.24, 2.45) is 0 Å². The standard InChI is InChI=1S/C19H19N3O2/c23-17-9-5-4-8-15(17)12-22-11-10-16(13-22)19-21-20-18(24-19)14-6-2-1-3-7-14/h1-9,16,23H,10-13H2. The van der Waals surface area contributed by atoms with Crippen molar-refractivity contribution in [2.45, 2.75) is 18.9 Å². The molecule has 4 rings (SSSR count). The second-order valence-corrected chi connectivity index (χ2v) is 6.16. The predicted octanol–water partition coefficient (Wildman–Crippen LogP) is 3.43. The van der Waals surface area contributed by atoms with Crippen LogP contribution in [0.3, 0.4) is 0 Å². The Labute approximate surface area is 140 Å². The molecule has 1 unspecified atom stereocenters. The smallest absolute Gasteiger partial charge is 0.247 e. The molecule has 0 amide bonds. The first-order valence-corrected chi connectivity index (χ1v) is 8.17. The highest BCUT2D eigenvalue weighted by Gasteiger charge is 2.28. The Morgan fingerprint density at radius 3 is 2.67 bits per heavy atom. The predicted molar refractivity (Wildman–Crippen MR) is 90.5 cm³/mol. The van der Waals surface area contributed by atoms with Gasteiger partial charge in [0.1, 0.15) is 5.75 Å². The van der Waals surface area contributed by atoms with Crippen molar-refractivity contribution >= 4 is 0 Å². The van der Waals surface area contributed by atoms with Gasteiger partial charge in [0, 0.05) is 24.2 Å². The lowest BCUT2D eigenvalue weighted by molar-refractivity contribution is 0.314. The number of likely N-dealkylation sites (tertiary alicyclic amines) is 1. The SMILES string of the molecule is Oc1ccccc1CN1CCC(c2nnc(-c3ccccc3)o2)C1. The minimum atomic E-state index is 0.251. The summed E-state index contributed by atoms with van der Waals surface area (Å²) in [7, 11) is 0. The highest BCUT2D eigenvalue weighted by Crippen LogP contribution is 2.30. The summed E-state index contributed by atoms with van der Waals surface area (Å²) in [5.74, 6) is 1.88. The maximum absolute atomic E-state index is 9.92. The number of rotatable bonds is 4. The maximum Gasteiger partial charge on any atom is 0.247 e. The second-order valence-electron chi connectivity index (χ2n) is 6.16. The fraction of sp³-hybridized carbons (Fsp3) is 0.263. The van der Waals surface area contributed by atoms with Gasteiger partial charge in [-0.25, -0.2) is 0 Å². The minimum Gasteiger partial charge on any atom is -0.508 e. The van der Waals surface area contributed by atoms with Crippen molar-refractivity contribution in [3.63, 3.8) is 0 Å². The lowest BCUT2D eigenvalue weighted by Crippen LogP contribution is -2.19. The van der Waals surface area contributed by atoms with Gasteiger partial charge < -0.3 is 9.52 Å². The highest BCUT2D eigenvalue weighted by atomic mass is 16.4. The Hall–Kier alpha value is -2.66. The molecule has 2 aromatic carbocycles. The van der Waals surface area contributed by atoms with Crippen LogP contribution in [-0.2, 0) is 6.54 Å². The Morgan fingerprint density at radius 2 is 1.83 bits per heavy atom. The third-order valence-electron chi connectivity index (χ3n) is 4.47. The number of para-hydroxylation sites is 1. The summed E-state index contributed by atoms with van der Waals surface area (Å²) in [4.78, 5) is 2.31. The zero-order valence-electron chi connectivity index (χ0n) is 13.3. The van der Waals surface area contributed by atoms with Gasteiger partial charge in [0.05, 0.1) is 5.92 Å². The summed E-state index contributed by atoms with van der Waals surface area (Å²) in [5.41, 5.74) is 1.90. The molecular formula is C19H19N3O2. The summed E-state index contributed by atoms with van der Waals surface area (Å²) < 4.78 is 5.88. The summed E-state index contributed by atoms with van der Waals surface area (Å²) in [6.45, 7) is 2.57. The molecule has 2 heterocycles. The Balaban J connectivity index is 1.44. The zero-order chi connectivity index (χ0) is 16.4. The fourth-order valence-electron chi connectivity index (χ4n) is 3.16. The van der Waals surface area contributed by atoms with Gasteiger partial charge in [-0.15, -0.1) is 10.2 Å². The molecule has 0 bridgehead atoms. The van der Waals surface area contributed by atoms with Crippen LogP contribution in [0.15, 0.2) is 59.0 Å². The summed E-state index contributed by atoms with van der Waals surface area (Å²) in [6.07, 6.45) is 0.990. The molecule has 1 fully saturated rings. The molecule has 5 nitrogen and oxygen atoms in total. The minimum absolute atomic E-state index is 0.251. The van der Waals surface area contributed by atoms with Crippen LogP contribution < -0.4 is 0 Å². The van der Waals surface area contributed by atoms with Gasteiger partial charge in [0.25, 0.3) is 0 Å². The maximum atomic E-state index is 9.92. The molecule has 1 N–H and O–H groups in total. The quantitative estimate of drug-likeness (QED) is 0.797. The average molecular weight is 321 g/mol. The van der Waals surface area contributed by atoms with Crippen LogP contribution >= 0.6 is 0 Å². The largest absolute Gasteiger partial charge is 0.508 e. The van der Waals surface area contributed by atoms with Crippen LogP contribution in [0.5, 0.6) is 5.75 Å². The Kier molecular flexibility index (Phi) is 4.01. The summed E-state index contributed by atoms with van der Waals surface area (Å²) in [6, 6.07) is 17.3. The summed E-state index contributed by atoms with van der Waals surface area (Å²) >= 11 is 0. The second kappa shape index (κ2) is 6.45. The van der Waals surface area contributed by atoms with Crippen LogP contribution in [0.4, 0.5) is 0 Å². The van der Waals surface area contributed by atoms with Gasteiger partial charge in [-0.05, 0) is 31.2 Å². The number of phenolic OH excluding ortho intramolecular Hbond substituents is 1. The van der Waals surface area contributed by atoms with Crippen molar-refractivity contribution in [3.8, 4) is 17.2 Å². The van der Waals surface area contributed by atoms with E-state index in [0.717, 1.165) is 37.2 Å². The first-order valence-electron chi connectivity index (χ1n) is 8.17. The van der Waals surface area contributed by atoms with E-state index in [1.165, 1.54) is 0 Å². The molecule has 1 aliphatic heterocycles. The van der Waals surface area contributed by atoms with Crippen LogP contribution in [0.25, 0.3) is 11.5 Å². The van der Waals surface area contributed by atoms with E-state index in [-0.39, 0.29) is 5.92 Å². The zero-order valence-corrected chi connectivity index (χ0v) is 13.3. The van der Waals surface area contributed by atoms with Gasteiger partial charge in [0.15, 0.2) is 0 Å². The van der Waals surface area contributed by atoms with E-state index < -0.39 is 0 Å². The number of hydrogen-bond donors (Lipinski definition) is 1. The third kappa shape index (κ3) is 3.03. The van der Waals surface area contributed by atoms with Crippen molar-refractivity contribution in [1.82, 2.24) is 15.1 Å². The lowest BCUT2D eigenvalue weighted by Gasteiger charge is -2.15. The van der Waals surface area contributed by atoms with Crippen LogP contribution in [-0.4, -0.2) is 33.3 Å². The van der Waals surface area contributed by atoms with E-state index in [4.69, 9.17) is 4.42 Å². The van der Waals surface area contributed by atoms with E-state index in [1.807, 2.05) is 48.5 Å². The molecule has 1 saturated heterocycles. The van der Waals surface area contributed by atoms with Crippen LogP contribution in [0, 0.1) is 0 Å². The monoisotopic (exact) mass is 321 g/mol. The van der Waals surface area contributed by atoms with Gasteiger partial charge in [-0.2, -0.15) is 0 Å². The molecule has 122 valence electrons. The van der Waals surface area contributed by atoms with E-state index in [0.29, 0.717) is 17.5 Å². The number of aromatic hydroxyl groups is 1. The van der Waals surface area contributed by atoms with Gasteiger partial charge >= 0.3 is 0 Å². The van der Waals surface area contributed by atoms with E-state index in [9.17, 15) is 5.11 Å². The first-order chi connectivity index (χ1) is 11.8. The van der Waals surface area contributed by atoms with Gasteiger partial charge in [-0.1, -0.05) is 36.4 Å². The van der Waals surface area contributed by atoms with Crippen molar-refractivity contribution in [2.75, 3.05) is 13.1 Å². The van der Waals surface area contributed by atoms with Crippen LogP contribution in [0.1, 0.15) is 23.8 Å². The first kappa shape index (κ1) is 14.9. The van der Waals surface area contributed by atoms with Crippen LogP contribution in [0.2, 0.25) is 0 Å². The number of aromatic nitrogens is 2. The average Bonchev–Trinajstić information content (AvgIpc) is 3.27. The molecule has 5 heteroatoms. The van der Waals surface area contributed by atoms with E-state index in [1.54, 1.807) is 6.07 Å². The molecular weight excluding hydrogens is 302 g/mol. The highest BCUT2D eigenvalue weighted by molar-refractivity contribution is 5.51. The van der Waals surface area contributed by atoms with Gasteiger partial charge in [-0.3, -0.25) is 4.90 Å². The fourth-order valence-corrected chi connectivity index (χ4v) is 3.16. The molecule has 24 heavy (non-hydrogen) atoms. The molecule has 3 aromatic rings. The molecule has 0 aliphatic carbocycles. The van der Waals surface area contributed by atoms with Crippen molar-refractivity contribution in [1.29, 1.82) is 0 Å². The molecule has 1 aromatic heterocycles. The number of hydrogen-bond acceptors (Lipinski definition) is 5. The van der Waals surface area contributed by atoms with E-state index in [2.05, 4.69) is 15.1 Å². The number of benzene rings is 2. The number of nitrogens with zero attached hydrogens (tertiary/aromatic N) is 3. The molecule has 0 radical (unpaired) electrons. The van der Waals surface area contributed by atoms with Gasteiger partial charge in [0.2, 0.25) is 11.8 Å². The molecule has 0 saturated carbocycles. The Bertz CT molecular complexity index is 816. The van der Waals surface area contributed by atoms with E-state index >= 15 is 0 Å². The number of phenols is 1. The third-order valence-corrected chi connectivity index (χ3v) is 4.47. The lowest BCUT2D eigenvalue weighted by atomic mass is 10.1. The van der Waals surface area contributed by atoms with Crippen molar-refractivity contribution < 1.29 is 9.52 Å².